The molecule has 144 valence electrons. The van der Waals surface area contributed by atoms with Gasteiger partial charge in [-0.05, 0) is 31.2 Å². The number of anilines is 1. The van der Waals surface area contributed by atoms with E-state index >= 15 is 0 Å². The second kappa shape index (κ2) is 9.04. The number of rotatable bonds is 7. The number of furan rings is 1. The second-order valence-electron chi connectivity index (χ2n) is 6.80. The summed E-state index contributed by atoms with van der Waals surface area (Å²) in [5, 5.41) is 2.80. The first kappa shape index (κ1) is 19.4. The minimum absolute atomic E-state index is 0.0140. The summed E-state index contributed by atoms with van der Waals surface area (Å²) in [6.45, 7) is 2.00. The van der Waals surface area contributed by atoms with Crippen LogP contribution in [0.3, 0.4) is 0 Å². The zero-order chi connectivity index (χ0) is 19.9. The third-order valence-corrected chi connectivity index (χ3v) is 4.45. The van der Waals surface area contributed by atoms with Crippen molar-refractivity contribution in [1.29, 1.82) is 0 Å². The van der Waals surface area contributed by atoms with Crippen molar-refractivity contribution in [2.75, 3.05) is 18.9 Å². The van der Waals surface area contributed by atoms with Gasteiger partial charge in [-0.1, -0.05) is 48.0 Å². The van der Waals surface area contributed by atoms with E-state index < -0.39 is 0 Å². The summed E-state index contributed by atoms with van der Waals surface area (Å²) in [6.07, 6.45) is 0.783. The molecule has 0 aliphatic heterocycles. The summed E-state index contributed by atoms with van der Waals surface area (Å²) in [6, 6.07) is 21.2. The molecule has 3 rings (SSSR count). The van der Waals surface area contributed by atoms with Gasteiger partial charge in [0, 0.05) is 31.1 Å². The van der Waals surface area contributed by atoms with Crippen molar-refractivity contribution in [3.05, 3.63) is 78.1 Å². The van der Waals surface area contributed by atoms with Gasteiger partial charge in [0.25, 0.3) is 0 Å². The Labute approximate surface area is 165 Å². The van der Waals surface area contributed by atoms with Gasteiger partial charge in [-0.2, -0.15) is 0 Å². The van der Waals surface area contributed by atoms with Gasteiger partial charge in [-0.3, -0.25) is 9.59 Å². The Kier molecular flexibility index (Phi) is 6.27. The van der Waals surface area contributed by atoms with Crippen molar-refractivity contribution in [2.24, 2.45) is 0 Å². The van der Waals surface area contributed by atoms with Crippen LogP contribution in [-0.2, 0) is 16.0 Å². The molecule has 0 saturated carbocycles. The molecule has 2 aromatic carbocycles. The van der Waals surface area contributed by atoms with E-state index in [2.05, 4.69) is 5.32 Å². The van der Waals surface area contributed by atoms with Crippen LogP contribution in [0.4, 0.5) is 5.69 Å². The number of amides is 2. The maximum atomic E-state index is 12.3. The number of nitrogens with zero attached hydrogens (tertiary/aromatic N) is 1. The molecule has 5 heteroatoms. The van der Waals surface area contributed by atoms with E-state index in [1.807, 2.05) is 73.7 Å². The number of hydrogen-bond donors (Lipinski definition) is 1. The lowest BCUT2D eigenvalue weighted by molar-refractivity contribution is -0.133. The average molecular weight is 376 g/mol. The van der Waals surface area contributed by atoms with Gasteiger partial charge in [0.1, 0.15) is 11.5 Å². The molecular formula is C23H24N2O3. The van der Waals surface area contributed by atoms with E-state index in [0.29, 0.717) is 6.42 Å². The van der Waals surface area contributed by atoms with Crippen LogP contribution in [0.1, 0.15) is 17.7 Å². The topological polar surface area (TPSA) is 62.6 Å². The van der Waals surface area contributed by atoms with Crippen LogP contribution in [0, 0.1) is 6.92 Å². The summed E-state index contributed by atoms with van der Waals surface area (Å²) in [5.74, 6) is 1.22. The second-order valence-corrected chi connectivity index (χ2v) is 6.80. The molecular weight excluding hydrogens is 352 g/mol. The number of aryl methyl sites for hydroxylation is 2. The van der Waals surface area contributed by atoms with Gasteiger partial charge in [0.2, 0.25) is 11.8 Å². The molecule has 0 bridgehead atoms. The summed E-state index contributed by atoms with van der Waals surface area (Å²) >= 11 is 0. The molecule has 28 heavy (non-hydrogen) atoms. The normalized spacial score (nSPS) is 10.5. The Hall–Kier alpha value is -3.34. The number of carbonyl (C=O) groups excluding carboxylic acids is 2. The molecule has 1 aromatic heterocycles. The Morgan fingerprint density at radius 1 is 0.964 bits per heavy atom. The molecule has 0 aliphatic rings. The molecule has 0 radical (unpaired) electrons. The fraction of sp³-hybridized carbons (Fsp3) is 0.217. The average Bonchev–Trinajstić information content (AvgIpc) is 3.17. The summed E-state index contributed by atoms with van der Waals surface area (Å²) < 4.78 is 5.82. The highest BCUT2D eigenvalue weighted by molar-refractivity contribution is 5.94. The van der Waals surface area contributed by atoms with Crippen molar-refractivity contribution in [2.45, 2.75) is 19.8 Å². The van der Waals surface area contributed by atoms with E-state index in [-0.39, 0.29) is 24.8 Å². The monoisotopic (exact) mass is 376 g/mol. The van der Waals surface area contributed by atoms with Crippen molar-refractivity contribution in [3.63, 3.8) is 0 Å². The molecule has 0 atom stereocenters. The summed E-state index contributed by atoms with van der Waals surface area (Å²) in [4.78, 5) is 25.9. The van der Waals surface area contributed by atoms with Crippen LogP contribution in [-0.4, -0.2) is 30.3 Å². The van der Waals surface area contributed by atoms with E-state index in [4.69, 9.17) is 4.42 Å². The van der Waals surface area contributed by atoms with Crippen LogP contribution < -0.4 is 5.32 Å². The van der Waals surface area contributed by atoms with Crippen molar-refractivity contribution in [3.8, 4) is 11.3 Å². The zero-order valence-electron chi connectivity index (χ0n) is 16.1. The molecule has 1 heterocycles. The molecule has 0 aliphatic carbocycles. The smallest absolute Gasteiger partial charge is 0.243 e. The maximum absolute atomic E-state index is 12.3. The Morgan fingerprint density at radius 2 is 1.68 bits per heavy atom. The lowest BCUT2D eigenvalue weighted by Crippen LogP contribution is -2.35. The molecule has 2 amide bonds. The fourth-order valence-corrected chi connectivity index (χ4v) is 2.83. The largest absolute Gasteiger partial charge is 0.461 e. The first-order valence-electron chi connectivity index (χ1n) is 9.26. The molecule has 0 unspecified atom stereocenters. The fourth-order valence-electron chi connectivity index (χ4n) is 2.83. The van der Waals surface area contributed by atoms with Crippen LogP contribution in [0.25, 0.3) is 11.3 Å². The Balaban J connectivity index is 1.47. The maximum Gasteiger partial charge on any atom is 0.243 e. The number of benzene rings is 2. The van der Waals surface area contributed by atoms with Gasteiger partial charge >= 0.3 is 0 Å². The molecule has 1 N–H and O–H groups in total. The van der Waals surface area contributed by atoms with Crippen LogP contribution >= 0.6 is 0 Å². The van der Waals surface area contributed by atoms with Gasteiger partial charge in [0.05, 0.1) is 6.54 Å². The van der Waals surface area contributed by atoms with Crippen LogP contribution in [0.15, 0.2) is 71.1 Å². The standard InChI is InChI=1S/C23H24N2O3/c1-17-8-10-19(11-9-17)24-22(26)16-25(2)23(27)15-13-20-12-14-21(28-20)18-6-4-3-5-7-18/h3-12,14H,13,15-16H2,1-2H3,(H,24,26). The van der Waals surface area contributed by atoms with E-state index in [1.165, 1.54) is 4.90 Å². The highest BCUT2D eigenvalue weighted by Gasteiger charge is 2.14. The van der Waals surface area contributed by atoms with Crippen molar-refractivity contribution < 1.29 is 14.0 Å². The molecule has 3 aromatic rings. The highest BCUT2D eigenvalue weighted by atomic mass is 16.3. The Bertz CT molecular complexity index is 930. The lowest BCUT2D eigenvalue weighted by atomic mass is 10.2. The highest BCUT2D eigenvalue weighted by Crippen LogP contribution is 2.22. The van der Waals surface area contributed by atoms with Gasteiger partial charge in [-0.15, -0.1) is 0 Å². The van der Waals surface area contributed by atoms with Gasteiger partial charge in [0.15, 0.2) is 0 Å². The van der Waals surface area contributed by atoms with E-state index in [9.17, 15) is 9.59 Å². The third kappa shape index (κ3) is 5.33. The van der Waals surface area contributed by atoms with E-state index in [1.54, 1.807) is 7.05 Å². The van der Waals surface area contributed by atoms with Gasteiger partial charge < -0.3 is 14.6 Å². The first-order chi connectivity index (χ1) is 13.5. The zero-order valence-corrected chi connectivity index (χ0v) is 16.1. The number of carbonyl (C=O) groups is 2. The summed E-state index contributed by atoms with van der Waals surface area (Å²) in [7, 11) is 1.63. The van der Waals surface area contributed by atoms with Crippen LogP contribution in [0.5, 0.6) is 0 Å². The quantitative estimate of drug-likeness (QED) is 0.669. The van der Waals surface area contributed by atoms with Crippen molar-refractivity contribution in [1.82, 2.24) is 4.90 Å². The van der Waals surface area contributed by atoms with E-state index in [0.717, 1.165) is 28.3 Å². The van der Waals surface area contributed by atoms with Crippen molar-refractivity contribution >= 4 is 17.5 Å². The number of likely N-dealkylation sites (N-methyl/N-ethyl adjacent to an activating group) is 1. The number of nitrogens with one attached hydrogen (secondary N) is 1. The van der Waals surface area contributed by atoms with Crippen LogP contribution in [0.2, 0.25) is 0 Å². The lowest BCUT2D eigenvalue weighted by Gasteiger charge is -2.16. The molecule has 0 saturated heterocycles. The first-order valence-corrected chi connectivity index (χ1v) is 9.26. The summed E-state index contributed by atoms with van der Waals surface area (Å²) in [5.41, 5.74) is 2.85. The molecule has 0 spiro atoms. The minimum Gasteiger partial charge on any atom is -0.461 e. The molecule has 5 nitrogen and oxygen atoms in total. The number of hydrogen-bond acceptors (Lipinski definition) is 3. The molecule has 0 fully saturated rings. The Morgan fingerprint density at radius 3 is 2.39 bits per heavy atom. The third-order valence-electron chi connectivity index (χ3n) is 4.45. The predicted molar refractivity (Wildman–Crippen MR) is 110 cm³/mol. The predicted octanol–water partition coefficient (Wildman–Crippen LogP) is 4.28. The SMILES string of the molecule is Cc1ccc(NC(=O)CN(C)C(=O)CCc2ccc(-c3ccccc3)o2)cc1. The van der Waals surface area contributed by atoms with Gasteiger partial charge in [-0.25, -0.2) is 0 Å². The minimum atomic E-state index is -0.218.